The summed E-state index contributed by atoms with van der Waals surface area (Å²) in [6, 6.07) is -0.689. The van der Waals surface area contributed by atoms with Crippen molar-refractivity contribution in [1.29, 1.82) is 0 Å². The number of hydrogen-bond donors (Lipinski definition) is 2. The van der Waals surface area contributed by atoms with E-state index in [0.717, 1.165) is 5.75 Å². The first-order valence-electron chi connectivity index (χ1n) is 8.11. The Bertz CT molecular complexity index is 568. The average Bonchev–Trinajstić information content (AvgIpc) is 3.38. The zero-order chi connectivity index (χ0) is 19.2. The molecule has 2 N–H and O–H groups in total. The number of esters is 1. The third-order valence-electron chi connectivity index (χ3n) is 3.32. The molecular formula is C19H24FeN2O4S. The molecule has 2 radical (unpaired) electrons. The van der Waals surface area contributed by atoms with Gasteiger partial charge in [0.2, 0.25) is 5.91 Å². The number of hydrogen-bond acceptors (Lipinski definition) is 6. The van der Waals surface area contributed by atoms with Gasteiger partial charge in [0.25, 0.3) is 0 Å². The van der Waals surface area contributed by atoms with Crippen molar-refractivity contribution >= 4 is 23.6 Å². The van der Waals surface area contributed by atoms with Crippen LogP contribution in [0.2, 0.25) is 0 Å². The molecule has 0 aromatic carbocycles. The van der Waals surface area contributed by atoms with E-state index in [4.69, 9.17) is 0 Å². The maximum atomic E-state index is 11.8. The van der Waals surface area contributed by atoms with Gasteiger partial charge in [-0.15, -0.1) is 12.8 Å². The quantitative estimate of drug-likeness (QED) is 0.256. The molecule has 0 bridgehead atoms. The Kier molecular flexibility index (Phi) is 14.3. The van der Waals surface area contributed by atoms with E-state index in [-0.39, 0.29) is 29.5 Å². The molecular weight excluding hydrogens is 408 g/mol. The first-order valence-corrected chi connectivity index (χ1v) is 9.50. The monoisotopic (exact) mass is 432 g/mol. The van der Waals surface area contributed by atoms with Crippen LogP contribution in [0.15, 0.2) is 47.9 Å². The summed E-state index contributed by atoms with van der Waals surface area (Å²) in [5.74, 6) is -0.514. The van der Waals surface area contributed by atoms with Crippen LogP contribution in [-0.4, -0.2) is 43.6 Å². The van der Waals surface area contributed by atoms with E-state index in [1.54, 1.807) is 36.1 Å². The molecule has 0 aromatic heterocycles. The van der Waals surface area contributed by atoms with Crippen LogP contribution in [0.3, 0.4) is 0 Å². The number of methoxy groups -OCH3 is 1. The van der Waals surface area contributed by atoms with Gasteiger partial charge in [-0.05, 0) is 29.9 Å². The largest absolute Gasteiger partial charge is 2.00 e. The normalized spacial score (nSPS) is 14.4. The SMILES string of the molecule is COC(=O)[C@H](CCSC)NC(=O)CNC([O-])=C1C=CC=C1.[CH]1[CH][CH-]C=C1.[Fe+2]. The van der Waals surface area contributed by atoms with Crippen LogP contribution in [0.1, 0.15) is 6.42 Å². The summed E-state index contributed by atoms with van der Waals surface area (Å²) in [4.78, 5) is 23.3. The van der Waals surface area contributed by atoms with Gasteiger partial charge < -0.3 is 20.5 Å². The van der Waals surface area contributed by atoms with Crippen LogP contribution in [0.5, 0.6) is 0 Å². The number of carbonyl (C=O) groups is 2. The van der Waals surface area contributed by atoms with E-state index in [9.17, 15) is 14.7 Å². The molecule has 0 aliphatic heterocycles. The molecule has 148 valence electrons. The van der Waals surface area contributed by atoms with Crippen molar-refractivity contribution in [2.45, 2.75) is 12.5 Å². The molecule has 6 nitrogen and oxygen atoms in total. The van der Waals surface area contributed by atoms with Gasteiger partial charge in [-0.3, -0.25) is 4.79 Å². The number of ether oxygens (including phenoxy) is 1. The van der Waals surface area contributed by atoms with Crippen LogP contribution in [0.25, 0.3) is 0 Å². The maximum Gasteiger partial charge on any atom is 2.00 e. The van der Waals surface area contributed by atoms with Gasteiger partial charge in [0.05, 0.1) is 13.7 Å². The molecule has 0 saturated carbocycles. The number of rotatable bonds is 8. The van der Waals surface area contributed by atoms with Crippen molar-refractivity contribution in [2.24, 2.45) is 0 Å². The van der Waals surface area contributed by atoms with Crippen LogP contribution >= 0.6 is 11.8 Å². The van der Waals surface area contributed by atoms with Gasteiger partial charge >= 0.3 is 23.0 Å². The first kappa shape index (κ1) is 25.2. The van der Waals surface area contributed by atoms with Gasteiger partial charge in [-0.2, -0.15) is 11.8 Å². The third-order valence-corrected chi connectivity index (χ3v) is 3.97. The summed E-state index contributed by atoms with van der Waals surface area (Å²) in [6.07, 6.45) is 19.2. The van der Waals surface area contributed by atoms with Crippen molar-refractivity contribution in [1.82, 2.24) is 10.6 Å². The molecule has 0 spiro atoms. The number of thioether (sulfide) groups is 1. The third kappa shape index (κ3) is 10.9. The molecule has 0 unspecified atom stereocenters. The Labute approximate surface area is 176 Å². The smallest absolute Gasteiger partial charge is 0.860 e. The van der Waals surface area contributed by atoms with Gasteiger partial charge in [-0.1, -0.05) is 24.3 Å². The molecule has 0 aromatic rings. The molecule has 2 rings (SSSR count). The summed E-state index contributed by atoms with van der Waals surface area (Å²) < 4.78 is 4.64. The number of allylic oxidation sites excluding steroid dienone is 7. The van der Waals surface area contributed by atoms with E-state index in [2.05, 4.69) is 15.4 Å². The minimum atomic E-state index is -0.689. The average molecular weight is 432 g/mol. The van der Waals surface area contributed by atoms with E-state index in [0.29, 0.717) is 12.0 Å². The van der Waals surface area contributed by atoms with E-state index >= 15 is 0 Å². The standard InChI is InChI=1S/C14H20N2O4S.C5H5.Fe/c1-20-14(19)11(7-8-21-2)16-12(17)9-15-13(18)10-5-3-4-6-10;1-2-4-5-3-1;/h3-6,11,15,18H,7-9H2,1-2H3,(H,16,17);1-5H;/q;-1;+2/p-1/t11-;;/m0../s1. The Morgan fingerprint density at radius 1 is 1.30 bits per heavy atom. The number of nitrogens with one attached hydrogen (secondary N) is 2. The van der Waals surface area contributed by atoms with Crippen LogP contribution in [0.4, 0.5) is 0 Å². The summed E-state index contributed by atoms with van der Waals surface area (Å²) in [6.45, 7) is -0.184. The van der Waals surface area contributed by atoms with Crippen LogP contribution in [0, 0.1) is 19.3 Å². The fourth-order valence-corrected chi connectivity index (χ4v) is 2.45. The fraction of sp³-hybridized carbons (Fsp3) is 0.316. The van der Waals surface area contributed by atoms with E-state index in [1.165, 1.54) is 7.11 Å². The zero-order valence-corrected chi connectivity index (χ0v) is 17.2. The summed E-state index contributed by atoms with van der Waals surface area (Å²) >= 11 is 1.57. The predicted octanol–water partition coefficient (Wildman–Crippen LogP) is 0.851. The van der Waals surface area contributed by atoms with E-state index in [1.807, 2.05) is 37.7 Å². The van der Waals surface area contributed by atoms with Crippen molar-refractivity contribution in [2.75, 3.05) is 25.7 Å². The van der Waals surface area contributed by atoms with Crippen molar-refractivity contribution in [3.05, 3.63) is 67.2 Å². The second-order valence-electron chi connectivity index (χ2n) is 5.24. The number of carbonyl (C=O) groups excluding carboxylic acids is 2. The molecule has 0 heterocycles. The van der Waals surface area contributed by atoms with Gasteiger partial charge in [-0.25, -0.2) is 23.4 Å². The first-order chi connectivity index (χ1) is 12.6. The molecule has 27 heavy (non-hydrogen) atoms. The van der Waals surface area contributed by atoms with Crippen LogP contribution in [-0.2, 0) is 31.4 Å². The molecule has 2 aliphatic rings. The molecule has 0 fully saturated rings. The second kappa shape index (κ2) is 15.3. The Hall–Kier alpha value is -1.76. The molecule has 2 aliphatic carbocycles. The minimum Gasteiger partial charge on any atom is -0.860 e. The maximum absolute atomic E-state index is 11.8. The summed E-state index contributed by atoms with van der Waals surface area (Å²) in [5, 5.41) is 16.7. The van der Waals surface area contributed by atoms with Gasteiger partial charge in [0.15, 0.2) is 0 Å². The Morgan fingerprint density at radius 3 is 2.48 bits per heavy atom. The molecule has 1 atom stereocenters. The van der Waals surface area contributed by atoms with Crippen molar-refractivity contribution < 1.29 is 36.5 Å². The Morgan fingerprint density at radius 2 is 2.00 bits per heavy atom. The van der Waals surface area contributed by atoms with Gasteiger partial charge in [0, 0.05) is 0 Å². The summed E-state index contributed by atoms with van der Waals surface area (Å²) in [5.41, 5.74) is 0.495. The fourth-order valence-electron chi connectivity index (χ4n) is 1.98. The molecule has 1 amide bonds. The topological polar surface area (TPSA) is 90.5 Å². The van der Waals surface area contributed by atoms with Gasteiger partial charge in [0.1, 0.15) is 6.04 Å². The van der Waals surface area contributed by atoms with Crippen LogP contribution < -0.4 is 15.7 Å². The predicted molar refractivity (Wildman–Crippen MR) is 102 cm³/mol. The van der Waals surface area contributed by atoms with Crippen molar-refractivity contribution in [3.63, 3.8) is 0 Å². The van der Waals surface area contributed by atoms with E-state index < -0.39 is 17.9 Å². The second-order valence-corrected chi connectivity index (χ2v) is 6.23. The summed E-state index contributed by atoms with van der Waals surface area (Å²) in [7, 11) is 1.28. The number of amides is 1. The zero-order valence-electron chi connectivity index (χ0n) is 15.3. The Balaban J connectivity index is 0.000000969. The molecule has 8 heteroatoms. The van der Waals surface area contributed by atoms with Crippen molar-refractivity contribution in [3.8, 4) is 0 Å². The molecule has 0 saturated heterocycles. The minimum absolute atomic E-state index is 0.